The number of rotatable bonds is 2. The Morgan fingerprint density at radius 3 is 2.58 bits per heavy atom. The fourth-order valence-corrected chi connectivity index (χ4v) is 3.58. The molecular formula is C18H12F2N2OS. The van der Waals surface area contributed by atoms with E-state index in [2.05, 4.69) is 10.9 Å². The second-order valence-corrected chi connectivity index (χ2v) is 6.12. The van der Waals surface area contributed by atoms with Crippen molar-refractivity contribution < 1.29 is 13.6 Å². The molecule has 3 aromatic rings. The van der Waals surface area contributed by atoms with Crippen molar-refractivity contribution in [1.82, 2.24) is 4.57 Å². The minimum absolute atomic E-state index is 0.205. The predicted molar refractivity (Wildman–Crippen MR) is 89.6 cm³/mol. The second-order valence-electron chi connectivity index (χ2n) is 5.11. The van der Waals surface area contributed by atoms with Crippen LogP contribution in [0.4, 0.5) is 8.78 Å². The Hall–Kier alpha value is -2.78. The van der Waals surface area contributed by atoms with Crippen LogP contribution in [0.3, 0.4) is 0 Å². The lowest BCUT2D eigenvalue weighted by molar-refractivity contribution is 0.0990. The molecule has 2 aromatic carbocycles. The van der Waals surface area contributed by atoms with Gasteiger partial charge in [-0.05, 0) is 30.7 Å². The van der Waals surface area contributed by atoms with Gasteiger partial charge in [0.2, 0.25) is 0 Å². The van der Waals surface area contributed by atoms with Crippen molar-refractivity contribution in [1.29, 1.82) is 0 Å². The summed E-state index contributed by atoms with van der Waals surface area (Å²) in [5.41, 5.74) is 1.17. The molecule has 24 heavy (non-hydrogen) atoms. The minimum Gasteiger partial charge on any atom is -0.304 e. The molecule has 0 saturated carbocycles. The molecular weight excluding hydrogens is 330 g/mol. The van der Waals surface area contributed by atoms with Crippen LogP contribution >= 0.6 is 11.3 Å². The van der Waals surface area contributed by atoms with Gasteiger partial charge in [-0.25, -0.2) is 8.78 Å². The third-order valence-electron chi connectivity index (χ3n) is 3.53. The topological polar surface area (TPSA) is 34.4 Å². The normalized spacial score (nSPS) is 11.7. The van der Waals surface area contributed by atoms with Crippen LogP contribution < -0.4 is 4.80 Å². The summed E-state index contributed by atoms with van der Waals surface area (Å²) in [5, 5.41) is 0. The molecule has 0 fully saturated rings. The number of nitrogens with zero attached hydrogens (tertiary/aromatic N) is 2. The van der Waals surface area contributed by atoms with Gasteiger partial charge in [0, 0.05) is 0 Å². The Morgan fingerprint density at radius 1 is 1.25 bits per heavy atom. The van der Waals surface area contributed by atoms with Crippen LogP contribution in [0.15, 0.2) is 41.4 Å². The van der Waals surface area contributed by atoms with E-state index in [1.807, 2.05) is 25.1 Å². The van der Waals surface area contributed by atoms with Gasteiger partial charge in [0.25, 0.3) is 5.91 Å². The third-order valence-corrected chi connectivity index (χ3v) is 4.57. The number of hydrogen-bond acceptors (Lipinski definition) is 2. The first-order chi connectivity index (χ1) is 11.5. The average Bonchev–Trinajstić information content (AvgIpc) is 2.86. The summed E-state index contributed by atoms with van der Waals surface area (Å²) in [4.78, 5) is 16.5. The maximum atomic E-state index is 13.8. The van der Waals surface area contributed by atoms with Crippen molar-refractivity contribution >= 4 is 27.5 Å². The van der Waals surface area contributed by atoms with E-state index in [1.54, 1.807) is 4.57 Å². The van der Waals surface area contributed by atoms with Crippen molar-refractivity contribution in [2.45, 2.75) is 13.5 Å². The molecule has 0 saturated heterocycles. The standard InChI is InChI=1S/C18H12F2N2OS/c1-3-10-22-16-11(2)6-4-9-14(16)24-18(22)21-17(23)15-12(19)7-5-8-13(15)20/h1,4-9H,10H2,2H3. The molecule has 0 aliphatic heterocycles. The van der Waals surface area contributed by atoms with Crippen LogP contribution in [0, 0.1) is 30.9 Å². The highest BCUT2D eigenvalue weighted by molar-refractivity contribution is 7.16. The predicted octanol–water partition coefficient (Wildman–Crippen LogP) is 3.66. The summed E-state index contributed by atoms with van der Waals surface area (Å²) in [7, 11) is 0. The van der Waals surface area contributed by atoms with Crippen LogP contribution in [-0.2, 0) is 6.54 Å². The number of para-hydroxylation sites is 1. The molecule has 1 aromatic heterocycles. The lowest BCUT2D eigenvalue weighted by Crippen LogP contribution is -2.17. The molecule has 0 spiro atoms. The zero-order valence-corrected chi connectivity index (χ0v) is 13.5. The quantitative estimate of drug-likeness (QED) is 0.655. The molecule has 0 aliphatic rings. The summed E-state index contributed by atoms with van der Waals surface area (Å²) in [6.07, 6.45) is 5.41. The molecule has 0 atom stereocenters. The zero-order chi connectivity index (χ0) is 17.3. The Morgan fingerprint density at radius 2 is 1.92 bits per heavy atom. The summed E-state index contributed by atoms with van der Waals surface area (Å²) in [5.74, 6) is -0.336. The van der Waals surface area contributed by atoms with E-state index in [1.165, 1.54) is 17.4 Å². The summed E-state index contributed by atoms with van der Waals surface area (Å²) in [6, 6.07) is 8.93. The molecule has 0 radical (unpaired) electrons. The smallest absolute Gasteiger partial charge is 0.285 e. The lowest BCUT2D eigenvalue weighted by atomic mass is 10.2. The van der Waals surface area contributed by atoms with E-state index in [-0.39, 0.29) is 6.54 Å². The van der Waals surface area contributed by atoms with Crippen LogP contribution in [0.1, 0.15) is 15.9 Å². The van der Waals surface area contributed by atoms with Crippen molar-refractivity contribution in [3.05, 3.63) is 64.0 Å². The van der Waals surface area contributed by atoms with Crippen LogP contribution in [-0.4, -0.2) is 10.5 Å². The monoisotopic (exact) mass is 342 g/mol. The summed E-state index contributed by atoms with van der Waals surface area (Å²) >= 11 is 1.25. The van der Waals surface area contributed by atoms with Gasteiger partial charge >= 0.3 is 0 Å². The number of aromatic nitrogens is 1. The maximum Gasteiger partial charge on any atom is 0.285 e. The molecule has 1 heterocycles. The fourth-order valence-electron chi connectivity index (χ4n) is 2.48. The van der Waals surface area contributed by atoms with Crippen molar-refractivity contribution in [3.8, 4) is 12.3 Å². The first kappa shape index (κ1) is 16.1. The molecule has 120 valence electrons. The number of halogens is 2. The largest absolute Gasteiger partial charge is 0.304 e. The first-order valence-electron chi connectivity index (χ1n) is 7.08. The Labute approximate surface area is 140 Å². The van der Waals surface area contributed by atoms with Crippen molar-refractivity contribution in [2.24, 2.45) is 4.99 Å². The summed E-state index contributed by atoms with van der Waals surface area (Å²) in [6.45, 7) is 2.13. The third kappa shape index (κ3) is 2.74. The van der Waals surface area contributed by atoms with Crippen LogP contribution in [0.2, 0.25) is 0 Å². The van der Waals surface area contributed by atoms with Gasteiger partial charge in [-0.3, -0.25) is 4.79 Å². The molecule has 0 aliphatic carbocycles. The van der Waals surface area contributed by atoms with E-state index in [9.17, 15) is 13.6 Å². The highest BCUT2D eigenvalue weighted by atomic mass is 32.1. The number of terminal acetylenes is 1. The second kappa shape index (κ2) is 6.38. The van der Waals surface area contributed by atoms with Crippen LogP contribution in [0.25, 0.3) is 10.2 Å². The van der Waals surface area contributed by atoms with E-state index in [0.717, 1.165) is 27.9 Å². The number of fused-ring (bicyclic) bond motifs is 1. The number of thiazole rings is 1. The SMILES string of the molecule is C#CCn1c(=NC(=O)c2c(F)cccc2F)sc2cccc(C)c21. The number of carbonyl (C=O) groups excluding carboxylic acids is 1. The van der Waals surface area contributed by atoms with Crippen LogP contribution in [0.5, 0.6) is 0 Å². The van der Waals surface area contributed by atoms with Gasteiger partial charge in [-0.1, -0.05) is 35.5 Å². The highest BCUT2D eigenvalue weighted by Gasteiger charge is 2.17. The van der Waals surface area contributed by atoms with Gasteiger partial charge < -0.3 is 4.57 Å². The summed E-state index contributed by atoms with van der Waals surface area (Å²) < 4.78 is 30.1. The Balaban J connectivity index is 2.24. The molecule has 3 nitrogen and oxygen atoms in total. The van der Waals surface area contributed by atoms with Gasteiger partial charge in [-0.2, -0.15) is 4.99 Å². The molecule has 6 heteroatoms. The molecule has 0 N–H and O–H groups in total. The molecule has 0 unspecified atom stereocenters. The molecule has 0 bridgehead atoms. The van der Waals surface area contributed by atoms with Gasteiger partial charge in [0.05, 0.1) is 16.8 Å². The Bertz CT molecular complexity index is 1040. The molecule has 3 rings (SSSR count). The van der Waals surface area contributed by atoms with Crippen molar-refractivity contribution in [3.63, 3.8) is 0 Å². The van der Waals surface area contributed by atoms with E-state index in [4.69, 9.17) is 6.42 Å². The van der Waals surface area contributed by atoms with Gasteiger partial charge in [0.15, 0.2) is 4.80 Å². The average molecular weight is 342 g/mol. The zero-order valence-electron chi connectivity index (χ0n) is 12.7. The van der Waals surface area contributed by atoms with E-state index >= 15 is 0 Å². The number of carbonyl (C=O) groups is 1. The number of benzene rings is 2. The van der Waals surface area contributed by atoms with E-state index < -0.39 is 23.1 Å². The Kier molecular flexibility index (Phi) is 4.28. The minimum atomic E-state index is -0.972. The van der Waals surface area contributed by atoms with E-state index in [0.29, 0.717) is 4.80 Å². The number of amides is 1. The maximum absolute atomic E-state index is 13.8. The number of hydrogen-bond donors (Lipinski definition) is 0. The lowest BCUT2D eigenvalue weighted by Gasteiger charge is -2.03. The van der Waals surface area contributed by atoms with Crippen molar-refractivity contribution in [2.75, 3.05) is 0 Å². The number of aryl methyl sites for hydroxylation is 1. The van der Waals surface area contributed by atoms with Gasteiger partial charge in [0.1, 0.15) is 17.2 Å². The van der Waals surface area contributed by atoms with Gasteiger partial charge in [-0.15, -0.1) is 6.42 Å². The highest BCUT2D eigenvalue weighted by Crippen LogP contribution is 2.21. The fraction of sp³-hybridized carbons (Fsp3) is 0.111. The molecule has 1 amide bonds. The first-order valence-corrected chi connectivity index (χ1v) is 7.90.